The van der Waals surface area contributed by atoms with E-state index in [-0.39, 0.29) is 0 Å². The molecule has 2 aliphatic heterocycles. The summed E-state index contributed by atoms with van der Waals surface area (Å²) in [5.74, 6) is 0.770. The van der Waals surface area contributed by atoms with Crippen molar-refractivity contribution < 1.29 is 4.74 Å². The van der Waals surface area contributed by atoms with Gasteiger partial charge < -0.3 is 9.64 Å². The van der Waals surface area contributed by atoms with Gasteiger partial charge in [0.25, 0.3) is 0 Å². The van der Waals surface area contributed by atoms with Gasteiger partial charge in [-0.05, 0) is 12.8 Å². The van der Waals surface area contributed by atoms with Gasteiger partial charge in [0.1, 0.15) is 0 Å². The van der Waals surface area contributed by atoms with Gasteiger partial charge in [0, 0.05) is 44.1 Å². The normalized spacial score (nSPS) is 28.8. The summed E-state index contributed by atoms with van der Waals surface area (Å²) < 4.78 is 5.35. The molecule has 2 aliphatic rings. The number of hydrogen-bond acceptors (Lipinski definition) is 2. The molecule has 2 rings (SSSR count). The lowest BCUT2D eigenvalue weighted by atomic mass is 9.73. The summed E-state index contributed by atoms with van der Waals surface area (Å²) in [6.07, 6.45) is 2.51. The van der Waals surface area contributed by atoms with Crippen LogP contribution in [0.5, 0.6) is 0 Å². The van der Waals surface area contributed by atoms with Gasteiger partial charge in [0.15, 0.2) is 0 Å². The molecule has 2 fully saturated rings. The van der Waals surface area contributed by atoms with Crippen LogP contribution in [0, 0.1) is 5.41 Å². The molecule has 0 saturated carbocycles. The zero-order chi connectivity index (χ0) is 8.44. The Labute approximate surface area is 78.8 Å². The van der Waals surface area contributed by atoms with Crippen molar-refractivity contribution in [2.75, 3.05) is 38.7 Å². The zero-order valence-corrected chi connectivity index (χ0v) is 8.15. The van der Waals surface area contributed by atoms with E-state index in [2.05, 4.69) is 4.90 Å². The van der Waals surface area contributed by atoms with E-state index in [1.54, 1.807) is 0 Å². The lowest BCUT2D eigenvalue weighted by molar-refractivity contribution is -0.0779. The molecule has 0 aromatic heterocycles. The van der Waals surface area contributed by atoms with E-state index in [9.17, 15) is 0 Å². The second-order valence-electron chi connectivity index (χ2n) is 4.01. The van der Waals surface area contributed by atoms with E-state index in [1.165, 1.54) is 25.9 Å². The lowest BCUT2D eigenvalue weighted by Crippen LogP contribution is -2.58. The van der Waals surface area contributed by atoms with E-state index in [1.807, 2.05) is 0 Å². The molecule has 0 aromatic rings. The molecular formula is C9H16ClNO. The van der Waals surface area contributed by atoms with Gasteiger partial charge in [-0.15, -0.1) is 11.6 Å². The summed E-state index contributed by atoms with van der Waals surface area (Å²) in [6, 6.07) is 0. The van der Waals surface area contributed by atoms with Gasteiger partial charge >= 0.3 is 0 Å². The van der Waals surface area contributed by atoms with Crippen molar-refractivity contribution in [2.45, 2.75) is 12.8 Å². The van der Waals surface area contributed by atoms with Crippen LogP contribution in [0.1, 0.15) is 12.8 Å². The summed E-state index contributed by atoms with van der Waals surface area (Å²) in [6.45, 7) is 5.50. The summed E-state index contributed by atoms with van der Waals surface area (Å²) in [4.78, 5) is 2.44. The van der Waals surface area contributed by atoms with Crippen molar-refractivity contribution in [3.05, 3.63) is 0 Å². The molecule has 0 bridgehead atoms. The van der Waals surface area contributed by atoms with Crippen LogP contribution in [0.3, 0.4) is 0 Å². The minimum atomic E-state index is 0.615. The summed E-state index contributed by atoms with van der Waals surface area (Å²) in [5.41, 5.74) is 0.615. The molecule has 0 radical (unpaired) electrons. The molecule has 2 saturated heterocycles. The van der Waals surface area contributed by atoms with Crippen LogP contribution >= 0.6 is 11.6 Å². The van der Waals surface area contributed by atoms with Crippen molar-refractivity contribution in [1.29, 1.82) is 0 Å². The first-order chi connectivity index (χ1) is 5.85. The predicted octanol–water partition coefficient (Wildman–Crippen LogP) is 1.34. The summed E-state index contributed by atoms with van der Waals surface area (Å²) in [7, 11) is 0. The molecule has 0 atom stereocenters. The largest absolute Gasteiger partial charge is 0.381 e. The molecule has 1 spiro atoms. The maximum atomic E-state index is 5.67. The van der Waals surface area contributed by atoms with Crippen LogP contribution in [0.15, 0.2) is 0 Å². The Hall–Kier alpha value is 0.210. The molecule has 3 heteroatoms. The molecule has 12 heavy (non-hydrogen) atoms. The third-order valence-corrected chi connectivity index (χ3v) is 3.24. The van der Waals surface area contributed by atoms with Crippen molar-refractivity contribution >= 4 is 11.6 Å². The SMILES string of the molecule is ClCCN1CC2(CCOCC2)C1. The predicted molar refractivity (Wildman–Crippen MR) is 49.6 cm³/mol. The van der Waals surface area contributed by atoms with Gasteiger partial charge in [0.2, 0.25) is 0 Å². The number of alkyl halides is 1. The first-order valence-corrected chi connectivity index (χ1v) is 5.24. The number of likely N-dealkylation sites (tertiary alicyclic amines) is 1. The molecule has 2 heterocycles. The van der Waals surface area contributed by atoms with E-state index >= 15 is 0 Å². The molecule has 70 valence electrons. The minimum Gasteiger partial charge on any atom is -0.381 e. The van der Waals surface area contributed by atoms with Crippen LogP contribution in [-0.4, -0.2) is 43.6 Å². The number of hydrogen-bond donors (Lipinski definition) is 0. The zero-order valence-electron chi connectivity index (χ0n) is 7.39. The van der Waals surface area contributed by atoms with Gasteiger partial charge in [0.05, 0.1) is 0 Å². The van der Waals surface area contributed by atoms with Crippen LogP contribution in [0.25, 0.3) is 0 Å². The number of nitrogens with zero attached hydrogens (tertiary/aromatic N) is 1. The standard InChI is InChI=1S/C9H16ClNO/c10-3-4-11-7-9(8-11)1-5-12-6-2-9/h1-8H2. The highest BCUT2D eigenvalue weighted by Gasteiger charge is 2.42. The third-order valence-electron chi connectivity index (χ3n) is 3.07. The Kier molecular flexibility index (Phi) is 2.58. The average Bonchev–Trinajstić information content (AvgIpc) is 2.04. The maximum absolute atomic E-state index is 5.67. The van der Waals surface area contributed by atoms with Crippen molar-refractivity contribution in [3.8, 4) is 0 Å². The molecule has 0 amide bonds. The Bertz CT molecular complexity index is 149. The fraction of sp³-hybridized carbons (Fsp3) is 1.00. The average molecular weight is 190 g/mol. The number of halogens is 1. The van der Waals surface area contributed by atoms with Crippen LogP contribution < -0.4 is 0 Å². The quantitative estimate of drug-likeness (QED) is 0.608. The Balaban J connectivity index is 1.77. The first-order valence-electron chi connectivity index (χ1n) is 4.71. The van der Waals surface area contributed by atoms with Gasteiger partial charge in [-0.2, -0.15) is 0 Å². The molecule has 0 aromatic carbocycles. The maximum Gasteiger partial charge on any atom is 0.0472 e. The molecule has 0 unspecified atom stereocenters. The molecule has 0 N–H and O–H groups in total. The smallest absolute Gasteiger partial charge is 0.0472 e. The van der Waals surface area contributed by atoms with E-state index in [0.29, 0.717) is 5.41 Å². The van der Waals surface area contributed by atoms with Crippen LogP contribution in [0.2, 0.25) is 0 Å². The summed E-state index contributed by atoms with van der Waals surface area (Å²) >= 11 is 5.67. The Morgan fingerprint density at radius 3 is 2.50 bits per heavy atom. The highest BCUT2D eigenvalue weighted by molar-refractivity contribution is 6.18. The minimum absolute atomic E-state index is 0.615. The molecule has 2 nitrogen and oxygen atoms in total. The van der Waals surface area contributed by atoms with Crippen LogP contribution in [0.4, 0.5) is 0 Å². The lowest BCUT2D eigenvalue weighted by Gasteiger charge is -2.52. The monoisotopic (exact) mass is 189 g/mol. The van der Waals surface area contributed by atoms with E-state index in [4.69, 9.17) is 16.3 Å². The number of ether oxygens (including phenoxy) is 1. The van der Waals surface area contributed by atoms with Gasteiger partial charge in [-0.3, -0.25) is 0 Å². The Morgan fingerprint density at radius 2 is 1.92 bits per heavy atom. The Morgan fingerprint density at radius 1 is 1.25 bits per heavy atom. The fourth-order valence-corrected chi connectivity index (χ4v) is 2.54. The summed E-state index contributed by atoms with van der Waals surface area (Å²) in [5, 5.41) is 0. The topological polar surface area (TPSA) is 12.5 Å². The first kappa shape index (κ1) is 8.79. The molecular weight excluding hydrogens is 174 g/mol. The van der Waals surface area contributed by atoms with E-state index in [0.717, 1.165) is 25.6 Å². The van der Waals surface area contributed by atoms with Gasteiger partial charge in [-0.1, -0.05) is 0 Å². The second kappa shape index (κ2) is 3.52. The van der Waals surface area contributed by atoms with Crippen molar-refractivity contribution in [2.24, 2.45) is 5.41 Å². The third kappa shape index (κ3) is 1.61. The van der Waals surface area contributed by atoms with Crippen molar-refractivity contribution in [3.63, 3.8) is 0 Å². The van der Waals surface area contributed by atoms with Gasteiger partial charge in [-0.25, -0.2) is 0 Å². The second-order valence-corrected chi connectivity index (χ2v) is 4.39. The fourth-order valence-electron chi connectivity index (χ4n) is 2.30. The highest BCUT2D eigenvalue weighted by Crippen LogP contribution is 2.39. The number of rotatable bonds is 2. The van der Waals surface area contributed by atoms with Crippen LogP contribution in [-0.2, 0) is 4.74 Å². The highest BCUT2D eigenvalue weighted by atomic mass is 35.5. The molecule has 0 aliphatic carbocycles. The van der Waals surface area contributed by atoms with E-state index < -0.39 is 0 Å². The van der Waals surface area contributed by atoms with Crippen molar-refractivity contribution in [1.82, 2.24) is 4.90 Å².